The largest absolute Gasteiger partial charge is 0.411 e. The van der Waals surface area contributed by atoms with E-state index in [2.05, 4.69) is 25.0 Å². The van der Waals surface area contributed by atoms with Crippen LogP contribution in [0, 0.1) is 0 Å². The summed E-state index contributed by atoms with van der Waals surface area (Å²) in [5, 5.41) is 2.72. The van der Waals surface area contributed by atoms with E-state index in [1.165, 1.54) is 12.3 Å². The molecule has 0 saturated heterocycles. The van der Waals surface area contributed by atoms with Crippen LogP contribution >= 0.6 is 0 Å². The number of fused-ring (bicyclic) bond motifs is 1. The van der Waals surface area contributed by atoms with Crippen LogP contribution in [0.4, 0.5) is 13.2 Å². The SMILES string of the molecule is O=C(NCc1ccc(COCC(F)(F)F)cc1)c1cnc2[nH]c(=O)[nH]c(=O)c2c1. The van der Waals surface area contributed by atoms with Gasteiger partial charge in [-0.15, -0.1) is 0 Å². The molecule has 3 aromatic rings. The number of carbonyl (C=O) groups is 1. The van der Waals surface area contributed by atoms with Gasteiger partial charge in [-0.25, -0.2) is 9.78 Å². The van der Waals surface area contributed by atoms with Gasteiger partial charge in [0.1, 0.15) is 12.3 Å². The standard InChI is InChI=1S/C18H15F3N4O4/c19-18(20,21)9-29-8-11-3-1-10(2-4-11)6-23-15(26)12-5-13-14(22-7-12)24-17(28)25-16(13)27/h1-5,7H,6,8-9H2,(H,23,26)(H2,22,24,25,27,28). The normalized spacial score (nSPS) is 11.6. The summed E-state index contributed by atoms with van der Waals surface area (Å²) in [7, 11) is 0. The molecule has 1 amide bonds. The Morgan fingerprint density at radius 1 is 1.10 bits per heavy atom. The zero-order chi connectivity index (χ0) is 21.0. The second-order valence-corrected chi connectivity index (χ2v) is 6.14. The first kappa shape index (κ1) is 20.3. The summed E-state index contributed by atoms with van der Waals surface area (Å²) in [4.78, 5) is 43.6. The van der Waals surface area contributed by atoms with E-state index in [-0.39, 0.29) is 29.7 Å². The molecule has 0 aliphatic heterocycles. The lowest BCUT2D eigenvalue weighted by Crippen LogP contribution is -2.25. The lowest BCUT2D eigenvalue weighted by molar-refractivity contribution is -0.176. The first-order valence-electron chi connectivity index (χ1n) is 8.34. The maximum atomic E-state index is 12.3. The van der Waals surface area contributed by atoms with Crippen molar-refractivity contribution in [3.63, 3.8) is 0 Å². The summed E-state index contributed by atoms with van der Waals surface area (Å²) in [6, 6.07) is 7.82. The van der Waals surface area contributed by atoms with Crippen molar-refractivity contribution in [2.24, 2.45) is 0 Å². The molecule has 1 aromatic carbocycles. The number of ether oxygens (including phenoxy) is 1. The van der Waals surface area contributed by atoms with E-state index in [1.807, 2.05) is 0 Å². The molecule has 0 saturated carbocycles. The highest BCUT2D eigenvalue weighted by Gasteiger charge is 2.27. The fourth-order valence-electron chi connectivity index (χ4n) is 2.49. The summed E-state index contributed by atoms with van der Waals surface area (Å²) in [5.41, 5.74) is 0.129. The Kier molecular flexibility index (Phi) is 5.78. The first-order chi connectivity index (χ1) is 13.7. The number of aromatic nitrogens is 3. The Labute approximate surface area is 160 Å². The van der Waals surface area contributed by atoms with Crippen molar-refractivity contribution in [1.29, 1.82) is 0 Å². The van der Waals surface area contributed by atoms with Gasteiger partial charge in [0.05, 0.1) is 17.6 Å². The number of nitrogens with one attached hydrogen (secondary N) is 3. The smallest absolute Gasteiger partial charge is 0.367 e. The highest BCUT2D eigenvalue weighted by Crippen LogP contribution is 2.16. The fraction of sp³-hybridized carbons (Fsp3) is 0.222. The molecular formula is C18H15F3N4O4. The van der Waals surface area contributed by atoms with Crippen LogP contribution in [0.15, 0.2) is 46.1 Å². The van der Waals surface area contributed by atoms with Gasteiger partial charge in [0, 0.05) is 12.7 Å². The molecule has 0 bridgehead atoms. The summed E-state index contributed by atoms with van der Waals surface area (Å²) >= 11 is 0. The Balaban J connectivity index is 1.60. The number of halogens is 3. The van der Waals surface area contributed by atoms with Crippen molar-refractivity contribution in [2.45, 2.75) is 19.3 Å². The van der Waals surface area contributed by atoms with Crippen molar-refractivity contribution in [1.82, 2.24) is 20.3 Å². The quantitative estimate of drug-likeness (QED) is 0.573. The molecule has 8 nitrogen and oxygen atoms in total. The first-order valence-corrected chi connectivity index (χ1v) is 8.34. The lowest BCUT2D eigenvalue weighted by Gasteiger charge is -2.09. The van der Waals surface area contributed by atoms with Gasteiger partial charge in [0.25, 0.3) is 11.5 Å². The molecule has 29 heavy (non-hydrogen) atoms. The monoisotopic (exact) mass is 408 g/mol. The highest BCUT2D eigenvalue weighted by atomic mass is 19.4. The Morgan fingerprint density at radius 3 is 2.48 bits per heavy atom. The van der Waals surface area contributed by atoms with E-state index in [1.54, 1.807) is 24.3 Å². The third-order valence-electron chi connectivity index (χ3n) is 3.86. The minimum Gasteiger partial charge on any atom is -0.367 e. The Hall–Kier alpha value is -3.47. The van der Waals surface area contributed by atoms with E-state index in [4.69, 9.17) is 0 Å². The molecule has 0 fully saturated rings. The average molecular weight is 408 g/mol. The van der Waals surface area contributed by atoms with Crippen LogP contribution in [0.25, 0.3) is 11.0 Å². The molecular weight excluding hydrogens is 393 g/mol. The molecule has 0 radical (unpaired) electrons. The predicted octanol–water partition coefficient (Wildman–Crippen LogP) is 1.62. The van der Waals surface area contributed by atoms with E-state index in [0.717, 1.165) is 0 Å². The maximum Gasteiger partial charge on any atom is 0.411 e. The molecule has 0 spiro atoms. The van der Waals surface area contributed by atoms with E-state index in [9.17, 15) is 27.6 Å². The Bertz CT molecular complexity index is 1140. The number of aromatic amines is 2. The molecule has 0 aliphatic carbocycles. The highest BCUT2D eigenvalue weighted by molar-refractivity contribution is 5.96. The van der Waals surface area contributed by atoms with Gasteiger partial charge in [0.15, 0.2) is 0 Å². The van der Waals surface area contributed by atoms with Crippen LogP contribution in [0.5, 0.6) is 0 Å². The number of pyridine rings is 1. The third-order valence-corrected chi connectivity index (χ3v) is 3.86. The molecule has 2 heterocycles. The van der Waals surface area contributed by atoms with Gasteiger partial charge < -0.3 is 10.1 Å². The molecule has 2 aromatic heterocycles. The van der Waals surface area contributed by atoms with Gasteiger partial charge in [-0.05, 0) is 17.2 Å². The summed E-state index contributed by atoms with van der Waals surface area (Å²) in [5.74, 6) is -0.484. The number of hydrogen-bond acceptors (Lipinski definition) is 5. The number of alkyl halides is 3. The van der Waals surface area contributed by atoms with Crippen LogP contribution in [-0.4, -0.2) is 33.6 Å². The van der Waals surface area contributed by atoms with Crippen LogP contribution < -0.4 is 16.6 Å². The third kappa shape index (κ3) is 5.51. The summed E-state index contributed by atoms with van der Waals surface area (Å²) in [6.07, 6.45) is -3.14. The summed E-state index contributed by atoms with van der Waals surface area (Å²) < 4.78 is 40.8. The van der Waals surface area contributed by atoms with Gasteiger partial charge in [0.2, 0.25) is 0 Å². The molecule has 0 aliphatic rings. The van der Waals surface area contributed by atoms with E-state index >= 15 is 0 Å². The van der Waals surface area contributed by atoms with Crippen LogP contribution in [-0.2, 0) is 17.9 Å². The fourth-order valence-corrected chi connectivity index (χ4v) is 2.49. The van der Waals surface area contributed by atoms with Crippen molar-refractivity contribution >= 4 is 16.9 Å². The number of hydrogen-bond donors (Lipinski definition) is 3. The van der Waals surface area contributed by atoms with Gasteiger partial charge in [-0.2, -0.15) is 13.2 Å². The van der Waals surface area contributed by atoms with Crippen molar-refractivity contribution in [2.75, 3.05) is 6.61 Å². The number of amides is 1. The second kappa shape index (κ2) is 8.27. The van der Waals surface area contributed by atoms with Crippen LogP contribution in [0.1, 0.15) is 21.5 Å². The van der Waals surface area contributed by atoms with Crippen molar-refractivity contribution < 1.29 is 22.7 Å². The van der Waals surface area contributed by atoms with Gasteiger partial charge in [-0.3, -0.25) is 19.6 Å². The molecule has 11 heteroatoms. The lowest BCUT2D eigenvalue weighted by atomic mass is 10.1. The van der Waals surface area contributed by atoms with Gasteiger partial charge >= 0.3 is 11.9 Å². The van der Waals surface area contributed by atoms with Crippen LogP contribution in [0.2, 0.25) is 0 Å². The predicted molar refractivity (Wildman–Crippen MR) is 96.3 cm³/mol. The average Bonchev–Trinajstić information content (AvgIpc) is 2.66. The zero-order valence-corrected chi connectivity index (χ0v) is 14.8. The van der Waals surface area contributed by atoms with Crippen molar-refractivity contribution in [3.8, 4) is 0 Å². The zero-order valence-electron chi connectivity index (χ0n) is 14.8. The maximum absolute atomic E-state index is 12.3. The van der Waals surface area contributed by atoms with E-state index < -0.39 is 29.9 Å². The van der Waals surface area contributed by atoms with Crippen molar-refractivity contribution in [3.05, 3.63) is 74.1 Å². The molecule has 0 atom stereocenters. The number of rotatable bonds is 6. The van der Waals surface area contributed by atoms with Crippen LogP contribution in [0.3, 0.4) is 0 Å². The molecule has 152 valence electrons. The number of nitrogens with zero attached hydrogens (tertiary/aromatic N) is 1. The molecule has 3 N–H and O–H groups in total. The number of H-pyrrole nitrogens is 2. The Morgan fingerprint density at radius 2 is 1.79 bits per heavy atom. The van der Waals surface area contributed by atoms with E-state index in [0.29, 0.717) is 11.1 Å². The minimum absolute atomic E-state index is 0.0682. The number of carbonyl (C=O) groups excluding carboxylic acids is 1. The molecule has 3 rings (SSSR count). The number of benzene rings is 1. The van der Waals surface area contributed by atoms with Gasteiger partial charge in [-0.1, -0.05) is 24.3 Å². The second-order valence-electron chi connectivity index (χ2n) is 6.14. The minimum atomic E-state index is -4.37. The summed E-state index contributed by atoms with van der Waals surface area (Å²) in [6.45, 7) is -1.34. The molecule has 0 unspecified atom stereocenters. The topological polar surface area (TPSA) is 117 Å².